The Bertz CT molecular complexity index is 1160. The topological polar surface area (TPSA) is 78.5 Å². The van der Waals surface area contributed by atoms with E-state index in [1.54, 1.807) is 17.7 Å². The van der Waals surface area contributed by atoms with Crippen LogP contribution < -0.4 is 4.80 Å². The van der Waals surface area contributed by atoms with Crippen molar-refractivity contribution >= 4 is 33.4 Å². The van der Waals surface area contributed by atoms with Crippen molar-refractivity contribution in [2.75, 3.05) is 6.61 Å². The zero-order valence-corrected chi connectivity index (χ0v) is 17.2. The molecule has 0 bridgehead atoms. The van der Waals surface area contributed by atoms with Gasteiger partial charge >= 0.3 is 5.97 Å². The maximum atomic E-state index is 14.4. The van der Waals surface area contributed by atoms with E-state index in [0.29, 0.717) is 0 Å². The number of halogens is 2. The number of hydrogen-bond donors (Lipinski definition) is 0. The van der Waals surface area contributed by atoms with Gasteiger partial charge in [-0.25, -0.2) is 8.78 Å². The highest BCUT2D eigenvalue weighted by molar-refractivity contribution is 7.16. The van der Waals surface area contributed by atoms with Crippen molar-refractivity contribution in [2.24, 2.45) is 4.99 Å². The molecule has 0 unspecified atom stereocenters. The lowest BCUT2D eigenvalue weighted by molar-refractivity contribution is -0.143. The third-order valence-electron chi connectivity index (χ3n) is 4.12. The number of carbonyl (C=O) groups is 2. The smallest absolute Gasteiger partial charge is 0.326 e. The van der Waals surface area contributed by atoms with Crippen molar-refractivity contribution in [3.05, 3.63) is 46.0 Å². The van der Waals surface area contributed by atoms with Crippen LogP contribution >= 0.6 is 11.3 Å². The number of thiazole rings is 1. The first-order chi connectivity index (χ1) is 13.7. The first kappa shape index (κ1) is 20.8. The number of ether oxygens (including phenoxy) is 1. The van der Waals surface area contributed by atoms with Gasteiger partial charge in [-0.2, -0.15) is 10.1 Å². The molecule has 2 heterocycles. The molecule has 3 aromatic rings. The Morgan fingerprint density at radius 3 is 2.62 bits per heavy atom. The molecule has 0 radical (unpaired) electrons. The highest BCUT2D eigenvalue weighted by atomic mass is 32.1. The van der Waals surface area contributed by atoms with E-state index in [0.717, 1.165) is 29.2 Å². The molecule has 0 atom stereocenters. The third kappa shape index (κ3) is 4.26. The van der Waals surface area contributed by atoms with Gasteiger partial charge in [-0.3, -0.25) is 14.3 Å². The van der Waals surface area contributed by atoms with Gasteiger partial charge in [-0.15, -0.1) is 0 Å². The van der Waals surface area contributed by atoms with Crippen molar-refractivity contribution in [3.8, 4) is 0 Å². The van der Waals surface area contributed by atoms with Crippen LogP contribution in [0.15, 0.2) is 23.2 Å². The molecular weight excluding hydrogens is 402 g/mol. The zero-order valence-electron chi connectivity index (χ0n) is 16.4. The first-order valence-corrected chi connectivity index (χ1v) is 9.82. The average Bonchev–Trinajstić information content (AvgIpc) is 3.16. The second-order valence-electron chi connectivity index (χ2n) is 6.64. The van der Waals surface area contributed by atoms with Crippen LogP contribution in [0, 0.1) is 18.6 Å². The van der Waals surface area contributed by atoms with E-state index in [4.69, 9.17) is 4.74 Å². The summed E-state index contributed by atoms with van der Waals surface area (Å²) in [5.41, 5.74) is 0.908. The number of benzene rings is 1. The number of amides is 1. The Hall–Kier alpha value is -2.88. The van der Waals surface area contributed by atoms with E-state index in [2.05, 4.69) is 10.1 Å². The lowest BCUT2D eigenvalue weighted by Gasteiger charge is -2.06. The predicted molar refractivity (Wildman–Crippen MR) is 104 cm³/mol. The Labute approximate surface area is 169 Å². The normalized spacial score (nSPS) is 12.2. The van der Waals surface area contributed by atoms with Crippen LogP contribution in [0.4, 0.5) is 8.78 Å². The molecule has 0 aliphatic rings. The van der Waals surface area contributed by atoms with Crippen molar-refractivity contribution in [3.63, 3.8) is 0 Å². The van der Waals surface area contributed by atoms with Crippen LogP contribution in [0.2, 0.25) is 0 Å². The molecule has 0 saturated heterocycles. The largest absolute Gasteiger partial charge is 0.465 e. The molecular formula is C19H20F2N4O3S. The maximum absolute atomic E-state index is 14.4. The van der Waals surface area contributed by atoms with Crippen molar-refractivity contribution in [2.45, 2.75) is 40.3 Å². The number of carbonyl (C=O) groups excluding carboxylic acids is 2. The molecule has 1 amide bonds. The van der Waals surface area contributed by atoms with Gasteiger partial charge in [-0.1, -0.05) is 11.3 Å². The number of nitrogens with zero attached hydrogens (tertiary/aromatic N) is 4. The summed E-state index contributed by atoms with van der Waals surface area (Å²) in [4.78, 5) is 28.7. The van der Waals surface area contributed by atoms with Gasteiger partial charge in [0.2, 0.25) is 0 Å². The van der Waals surface area contributed by atoms with Gasteiger partial charge in [0.05, 0.1) is 16.8 Å². The third-order valence-corrected chi connectivity index (χ3v) is 5.14. The predicted octanol–water partition coefficient (Wildman–Crippen LogP) is 3.37. The standard InChI is InChI=1S/C19H20F2N4O3S/c1-5-28-16(26)9-24-17-13(21)7-12(20)8-15(17)29-19(24)22-18(27)14-6-11(4)25(23-14)10(2)3/h6-8,10H,5,9H2,1-4H3. The van der Waals surface area contributed by atoms with Gasteiger partial charge in [0, 0.05) is 17.8 Å². The number of aryl methyl sites for hydroxylation is 1. The quantitative estimate of drug-likeness (QED) is 0.591. The maximum Gasteiger partial charge on any atom is 0.326 e. The van der Waals surface area contributed by atoms with Crippen LogP contribution in [-0.4, -0.2) is 32.8 Å². The highest BCUT2D eigenvalue weighted by Gasteiger charge is 2.18. The van der Waals surface area contributed by atoms with Gasteiger partial charge in [-0.05, 0) is 39.8 Å². The molecule has 0 saturated carbocycles. The van der Waals surface area contributed by atoms with Gasteiger partial charge in [0.15, 0.2) is 16.3 Å². The van der Waals surface area contributed by atoms with E-state index in [-0.39, 0.29) is 39.9 Å². The average molecular weight is 422 g/mol. The molecule has 2 aromatic heterocycles. The summed E-state index contributed by atoms with van der Waals surface area (Å²) in [6.07, 6.45) is 0. The molecule has 0 fully saturated rings. The highest BCUT2D eigenvalue weighted by Crippen LogP contribution is 2.22. The molecule has 0 N–H and O–H groups in total. The first-order valence-electron chi connectivity index (χ1n) is 9.00. The van der Waals surface area contributed by atoms with E-state index in [1.807, 2.05) is 20.8 Å². The summed E-state index contributed by atoms with van der Waals surface area (Å²) >= 11 is 0.906. The summed E-state index contributed by atoms with van der Waals surface area (Å²) in [5.74, 6) is -2.87. The van der Waals surface area contributed by atoms with Crippen LogP contribution in [0.3, 0.4) is 0 Å². The number of hydrogen-bond acceptors (Lipinski definition) is 5. The van der Waals surface area contributed by atoms with Crippen molar-refractivity contribution in [1.29, 1.82) is 0 Å². The molecule has 0 aliphatic heterocycles. The van der Waals surface area contributed by atoms with E-state index in [1.165, 1.54) is 4.57 Å². The Morgan fingerprint density at radius 2 is 2.00 bits per heavy atom. The Balaban J connectivity index is 2.14. The number of aromatic nitrogens is 3. The minimum absolute atomic E-state index is 0.0140. The van der Waals surface area contributed by atoms with Crippen LogP contribution in [0.1, 0.15) is 43.0 Å². The van der Waals surface area contributed by atoms with E-state index in [9.17, 15) is 18.4 Å². The van der Waals surface area contributed by atoms with Crippen LogP contribution in [-0.2, 0) is 16.1 Å². The van der Waals surface area contributed by atoms with Crippen LogP contribution in [0.5, 0.6) is 0 Å². The zero-order chi connectivity index (χ0) is 21.3. The van der Waals surface area contributed by atoms with Gasteiger partial charge in [0.1, 0.15) is 12.4 Å². The summed E-state index contributed by atoms with van der Waals surface area (Å²) in [5, 5.41) is 4.25. The van der Waals surface area contributed by atoms with Crippen molar-refractivity contribution in [1.82, 2.24) is 14.3 Å². The van der Waals surface area contributed by atoms with E-state index >= 15 is 0 Å². The van der Waals surface area contributed by atoms with Gasteiger partial charge in [0.25, 0.3) is 5.91 Å². The minimum atomic E-state index is -0.852. The second kappa shape index (κ2) is 8.24. The molecule has 7 nitrogen and oxygen atoms in total. The summed E-state index contributed by atoms with van der Waals surface area (Å²) in [6.45, 7) is 7.12. The lowest BCUT2D eigenvalue weighted by Crippen LogP contribution is -2.23. The number of esters is 1. The molecule has 154 valence electrons. The summed E-state index contributed by atoms with van der Waals surface area (Å²) in [6, 6.07) is 3.52. The fourth-order valence-corrected chi connectivity index (χ4v) is 4.02. The van der Waals surface area contributed by atoms with Crippen LogP contribution in [0.25, 0.3) is 10.2 Å². The van der Waals surface area contributed by atoms with Crippen molar-refractivity contribution < 1.29 is 23.1 Å². The fraction of sp³-hybridized carbons (Fsp3) is 0.368. The molecule has 3 rings (SSSR count). The number of rotatable bonds is 5. The minimum Gasteiger partial charge on any atom is -0.465 e. The number of fused-ring (bicyclic) bond motifs is 1. The summed E-state index contributed by atoms with van der Waals surface area (Å²) < 4.78 is 36.1. The monoisotopic (exact) mass is 422 g/mol. The Morgan fingerprint density at radius 1 is 1.28 bits per heavy atom. The molecule has 0 spiro atoms. The molecule has 29 heavy (non-hydrogen) atoms. The molecule has 0 aliphatic carbocycles. The van der Waals surface area contributed by atoms with Gasteiger partial charge < -0.3 is 9.30 Å². The SMILES string of the molecule is CCOC(=O)Cn1c(=NC(=O)c2cc(C)n(C(C)C)n2)sc2cc(F)cc(F)c21. The lowest BCUT2D eigenvalue weighted by atomic mass is 10.3. The Kier molecular flexibility index (Phi) is 5.92. The molecule has 10 heteroatoms. The fourth-order valence-electron chi connectivity index (χ4n) is 2.96. The molecule has 1 aromatic carbocycles. The van der Waals surface area contributed by atoms with E-state index < -0.39 is 23.5 Å². The summed E-state index contributed by atoms with van der Waals surface area (Å²) in [7, 11) is 0. The second-order valence-corrected chi connectivity index (χ2v) is 7.65.